The van der Waals surface area contributed by atoms with E-state index in [-0.39, 0.29) is 25.0 Å². The average molecular weight is 307 g/mol. The van der Waals surface area contributed by atoms with Crippen molar-refractivity contribution in [2.75, 3.05) is 18.1 Å². The molecular formula is C17H25NO4. The summed E-state index contributed by atoms with van der Waals surface area (Å²) in [5.74, 6) is -0.741. The van der Waals surface area contributed by atoms with Crippen LogP contribution in [0.5, 0.6) is 0 Å². The van der Waals surface area contributed by atoms with Crippen LogP contribution >= 0.6 is 0 Å². The summed E-state index contributed by atoms with van der Waals surface area (Å²) >= 11 is 0. The minimum atomic E-state index is -1.04. The van der Waals surface area contributed by atoms with Crippen LogP contribution in [-0.2, 0) is 14.3 Å². The number of amides is 1. The Kier molecular flexibility index (Phi) is 7.60. The van der Waals surface area contributed by atoms with Crippen LogP contribution in [-0.4, -0.2) is 36.2 Å². The molecule has 0 radical (unpaired) electrons. The highest BCUT2D eigenvalue weighted by atomic mass is 16.5. The van der Waals surface area contributed by atoms with E-state index in [2.05, 4.69) is 13.8 Å². The van der Waals surface area contributed by atoms with Crippen molar-refractivity contribution in [3.05, 3.63) is 30.3 Å². The number of nitrogens with zero attached hydrogens (tertiary/aromatic N) is 1. The van der Waals surface area contributed by atoms with Crippen LogP contribution in [0.3, 0.4) is 0 Å². The molecule has 5 heteroatoms. The minimum absolute atomic E-state index is 0.0949. The molecule has 22 heavy (non-hydrogen) atoms. The van der Waals surface area contributed by atoms with Crippen molar-refractivity contribution in [1.82, 2.24) is 0 Å². The first kappa shape index (κ1) is 18.2. The summed E-state index contributed by atoms with van der Waals surface area (Å²) in [6.07, 6.45) is 1.20. The summed E-state index contributed by atoms with van der Waals surface area (Å²) in [7, 11) is 0. The van der Waals surface area contributed by atoms with Gasteiger partial charge in [0, 0.05) is 5.69 Å². The van der Waals surface area contributed by atoms with E-state index in [0.717, 1.165) is 6.42 Å². The van der Waals surface area contributed by atoms with Crippen LogP contribution in [0.1, 0.15) is 33.6 Å². The second-order valence-electron chi connectivity index (χ2n) is 5.77. The lowest BCUT2D eigenvalue weighted by Crippen LogP contribution is -2.36. The van der Waals surface area contributed by atoms with Crippen LogP contribution in [0, 0.1) is 5.92 Å². The molecule has 5 nitrogen and oxygen atoms in total. The zero-order valence-corrected chi connectivity index (χ0v) is 13.5. The molecule has 0 aliphatic heterocycles. The first-order chi connectivity index (χ1) is 10.4. The number of anilines is 1. The topological polar surface area (TPSA) is 66.8 Å². The largest absolute Gasteiger partial charge is 0.480 e. The number of hydrogen-bond donors (Lipinski definition) is 1. The van der Waals surface area contributed by atoms with E-state index >= 15 is 0 Å². The van der Waals surface area contributed by atoms with Crippen LogP contribution in [0.15, 0.2) is 30.3 Å². The SMILES string of the molecule is CC(C)CC(C)OCCC(=O)N(CC(=O)O)c1ccccc1. The first-order valence-corrected chi connectivity index (χ1v) is 7.59. The second kappa shape index (κ2) is 9.20. The monoisotopic (exact) mass is 307 g/mol. The Morgan fingerprint density at radius 2 is 1.82 bits per heavy atom. The molecule has 0 aromatic heterocycles. The van der Waals surface area contributed by atoms with E-state index in [4.69, 9.17) is 9.84 Å². The van der Waals surface area contributed by atoms with Gasteiger partial charge in [0.15, 0.2) is 0 Å². The minimum Gasteiger partial charge on any atom is -0.480 e. The van der Waals surface area contributed by atoms with Gasteiger partial charge in [-0.25, -0.2) is 0 Å². The van der Waals surface area contributed by atoms with Gasteiger partial charge >= 0.3 is 5.97 Å². The highest BCUT2D eigenvalue weighted by Crippen LogP contribution is 2.15. The zero-order chi connectivity index (χ0) is 16.5. The fourth-order valence-corrected chi connectivity index (χ4v) is 2.28. The van der Waals surface area contributed by atoms with Gasteiger partial charge in [0.05, 0.1) is 19.1 Å². The van der Waals surface area contributed by atoms with Crippen LogP contribution < -0.4 is 4.90 Å². The number of rotatable bonds is 9. The number of aliphatic carboxylic acids is 1. The Morgan fingerprint density at radius 1 is 1.18 bits per heavy atom. The summed E-state index contributed by atoms with van der Waals surface area (Å²) in [5.41, 5.74) is 0.588. The van der Waals surface area contributed by atoms with Gasteiger partial charge in [0.2, 0.25) is 5.91 Å². The number of carboxylic acid groups (broad SMARTS) is 1. The van der Waals surface area contributed by atoms with Gasteiger partial charge in [-0.2, -0.15) is 0 Å². The quantitative estimate of drug-likeness (QED) is 0.761. The van der Waals surface area contributed by atoms with Gasteiger partial charge < -0.3 is 14.7 Å². The van der Waals surface area contributed by atoms with Crippen molar-refractivity contribution in [3.8, 4) is 0 Å². The predicted octanol–water partition coefficient (Wildman–Crippen LogP) is 2.95. The molecule has 1 atom stereocenters. The molecule has 0 saturated heterocycles. The van der Waals surface area contributed by atoms with Crippen molar-refractivity contribution >= 4 is 17.6 Å². The molecule has 1 rings (SSSR count). The molecule has 0 spiro atoms. The molecule has 122 valence electrons. The number of para-hydroxylation sites is 1. The molecule has 0 saturated carbocycles. The van der Waals surface area contributed by atoms with Crippen molar-refractivity contribution in [2.45, 2.75) is 39.7 Å². The molecule has 1 unspecified atom stereocenters. The summed E-state index contributed by atoms with van der Waals surface area (Å²) in [6.45, 7) is 6.18. The van der Waals surface area contributed by atoms with E-state index < -0.39 is 5.97 Å². The number of ether oxygens (including phenoxy) is 1. The summed E-state index contributed by atoms with van der Waals surface area (Å²) < 4.78 is 5.62. The standard InChI is InChI=1S/C17H25NO4/c1-13(2)11-14(3)22-10-9-16(19)18(12-17(20)21)15-7-5-4-6-8-15/h4-8,13-14H,9-12H2,1-3H3,(H,20,21). The van der Waals surface area contributed by atoms with Gasteiger partial charge in [-0.05, 0) is 31.4 Å². The lowest BCUT2D eigenvalue weighted by Gasteiger charge is -2.21. The highest BCUT2D eigenvalue weighted by Gasteiger charge is 2.18. The van der Waals surface area contributed by atoms with E-state index in [1.54, 1.807) is 24.3 Å². The van der Waals surface area contributed by atoms with Crippen LogP contribution in [0.4, 0.5) is 5.69 Å². The maximum atomic E-state index is 12.3. The molecule has 0 fully saturated rings. The van der Waals surface area contributed by atoms with E-state index in [1.165, 1.54) is 4.90 Å². The van der Waals surface area contributed by atoms with Gasteiger partial charge in [-0.1, -0.05) is 32.0 Å². The number of carbonyl (C=O) groups is 2. The predicted molar refractivity (Wildman–Crippen MR) is 85.9 cm³/mol. The molecular weight excluding hydrogens is 282 g/mol. The highest BCUT2D eigenvalue weighted by molar-refractivity contribution is 5.97. The number of benzene rings is 1. The summed E-state index contributed by atoms with van der Waals surface area (Å²) in [5, 5.41) is 8.98. The van der Waals surface area contributed by atoms with Crippen LogP contribution in [0.2, 0.25) is 0 Å². The maximum Gasteiger partial charge on any atom is 0.323 e. The van der Waals surface area contributed by atoms with Gasteiger partial charge in [0.1, 0.15) is 6.54 Å². The smallest absolute Gasteiger partial charge is 0.323 e. The van der Waals surface area contributed by atoms with Crippen molar-refractivity contribution in [2.24, 2.45) is 5.92 Å². The fourth-order valence-electron chi connectivity index (χ4n) is 2.28. The third kappa shape index (κ3) is 6.72. The Morgan fingerprint density at radius 3 is 2.36 bits per heavy atom. The Bertz CT molecular complexity index is 473. The van der Waals surface area contributed by atoms with E-state index in [9.17, 15) is 9.59 Å². The van der Waals surface area contributed by atoms with Gasteiger partial charge in [-0.15, -0.1) is 0 Å². The number of hydrogen-bond acceptors (Lipinski definition) is 3. The summed E-state index contributed by atoms with van der Waals surface area (Å²) in [6, 6.07) is 8.83. The molecule has 0 heterocycles. The van der Waals surface area contributed by atoms with E-state index in [0.29, 0.717) is 18.2 Å². The Hall–Kier alpha value is -1.88. The fraction of sp³-hybridized carbons (Fsp3) is 0.529. The normalized spacial score (nSPS) is 12.2. The zero-order valence-electron chi connectivity index (χ0n) is 13.5. The third-order valence-corrected chi connectivity index (χ3v) is 3.18. The Balaban J connectivity index is 2.56. The maximum absolute atomic E-state index is 12.3. The van der Waals surface area contributed by atoms with Crippen LogP contribution in [0.25, 0.3) is 0 Å². The average Bonchev–Trinajstić information content (AvgIpc) is 2.44. The molecule has 1 amide bonds. The molecule has 1 aromatic carbocycles. The second-order valence-corrected chi connectivity index (χ2v) is 5.77. The van der Waals surface area contributed by atoms with Gasteiger partial charge in [-0.3, -0.25) is 9.59 Å². The molecule has 0 bridgehead atoms. The van der Waals surface area contributed by atoms with Crippen molar-refractivity contribution in [1.29, 1.82) is 0 Å². The van der Waals surface area contributed by atoms with Crippen molar-refractivity contribution in [3.63, 3.8) is 0 Å². The molecule has 0 aliphatic carbocycles. The molecule has 1 N–H and O–H groups in total. The van der Waals surface area contributed by atoms with E-state index in [1.807, 2.05) is 13.0 Å². The molecule has 1 aromatic rings. The summed E-state index contributed by atoms with van der Waals surface area (Å²) in [4.78, 5) is 24.5. The van der Waals surface area contributed by atoms with Crippen molar-refractivity contribution < 1.29 is 19.4 Å². The Labute approximate surface area is 131 Å². The van der Waals surface area contributed by atoms with Gasteiger partial charge in [0.25, 0.3) is 0 Å². The lowest BCUT2D eigenvalue weighted by molar-refractivity contribution is -0.136. The third-order valence-electron chi connectivity index (χ3n) is 3.18. The number of carbonyl (C=O) groups excluding carboxylic acids is 1. The molecule has 0 aliphatic rings. The lowest BCUT2D eigenvalue weighted by atomic mass is 10.1. The number of carboxylic acids is 1. The first-order valence-electron chi connectivity index (χ1n) is 7.59.